The standard InChI is InChI=1S/C19H38O3Si2/c1-18(2,3)23(7,8)21-16-11-15(14-20)12-17(13-16)22-24(9,10)19(4,5)6/h11,14,16-17H,12-13H2,1-10H3/t16-,17-/m0/s1. The highest BCUT2D eigenvalue weighted by atomic mass is 28.4. The van der Waals surface area contributed by atoms with E-state index in [0.717, 1.165) is 18.3 Å². The average molecular weight is 371 g/mol. The first kappa shape index (κ1) is 21.8. The van der Waals surface area contributed by atoms with Crippen molar-refractivity contribution in [3.8, 4) is 0 Å². The molecule has 0 saturated carbocycles. The second kappa shape index (κ2) is 7.18. The van der Waals surface area contributed by atoms with E-state index in [2.05, 4.69) is 67.7 Å². The van der Waals surface area contributed by atoms with Crippen molar-refractivity contribution in [2.45, 2.75) is 103 Å². The Labute approximate surface area is 151 Å². The highest BCUT2D eigenvalue weighted by molar-refractivity contribution is 6.74. The quantitative estimate of drug-likeness (QED) is 0.461. The SMILES string of the molecule is CC(C)(C)[Si](C)(C)O[C@H]1CC(C=O)=C[C@H](O[Si](C)(C)C(C)(C)C)C1. The zero-order chi connectivity index (χ0) is 19.0. The van der Waals surface area contributed by atoms with E-state index in [0.29, 0.717) is 6.42 Å². The Morgan fingerprint density at radius 1 is 0.958 bits per heavy atom. The van der Waals surface area contributed by atoms with E-state index in [-0.39, 0.29) is 22.3 Å². The molecule has 0 aromatic carbocycles. The Bertz CT molecular complexity index is 482. The maximum absolute atomic E-state index is 11.4. The molecule has 0 radical (unpaired) electrons. The van der Waals surface area contributed by atoms with Crippen molar-refractivity contribution in [2.24, 2.45) is 0 Å². The Hall–Kier alpha value is -0.236. The minimum atomic E-state index is -1.86. The van der Waals surface area contributed by atoms with Crippen molar-refractivity contribution in [3.05, 3.63) is 11.6 Å². The monoisotopic (exact) mass is 370 g/mol. The van der Waals surface area contributed by atoms with Gasteiger partial charge in [0.15, 0.2) is 16.6 Å². The van der Waals surface area contributed by atoms with Gasteiger partial charge in [-0.2, -0.15) is 0 Å². The molecule has 0 unspecified atom stereocenters. The largest absolute Gasteiger partial charge is 0.413 e. The van der Waals surface area contributed by atoms with Crippen LogP contribution in [0, 0.1) is 0 Å². The van der Waals surface area contributed by atoms with Crippen molar-refractivity contribution in [3.63, 3.8) is 0 Å². The predicted molar refractivity (Wildman–Crippen MR) is 108 cm³/mol. The van der Waals surface area contributed by atoms with Gasteiger partial charge in [-0.1, -0.05) is 47.6 Å². The van der Waals surface area contributed by atoms with Gasteiger partial charge in [-0.05, 0) is 41.8 Å². The molecule has 0 aliphatic heterocycles. The lowest BCUT2D eigenvalue weighted by Crippen LogP contribution is -2.48. The molecule has 140 valence electrons. The van der Waals surface area contributed by atoms with Crippen LogP contribution in [0.4, 0.5) is 0 Å². The highest BCUT2D eigenvalue weighted by Crippen LogP contribution is 2.41. The van der Waals surface area contributed by atoms with Crippen LogP contribution in [-0.2, 0) is 13.6 Å². The predicted octanol–water partition coefficient (Wildman–Crippen LogP) is 5.69. The van der Waals surface area contributed by atoms with Gasteiger partial charge in [0.2, 0.25) is 0 Å². The first-order chi connectivity index (χ1) is 10.6. The summed E-state index contributed by atoms with van der Waals surface area (Å²) >= 11 is 0. The van der Waals surface area contributed by atoms with Crippen LogP contribution < -0.4 is 0 Å². The summed E-state index contributed by atoms with van der Waals surface area (Å²) in [6.45, 7) is 22.6. The number of rotatable bonds is 5. The van der Waals surface area contributed by atoms with Crippen LogP contribution in [0.25, 0.3) is 0 Å². The van der Waals surface area contributed by atoms with Gasteiger partial charge in [-0.15, -0.1) is 0 Å². The summed E-state index contributed by atoms with van der Waals surface area (Å²) in [6, 6.07) is 0. The smallest absolute Gasteiger partial charge is 0.192 e. The number of aldehydes is 1. The van der Waals surface area contributed by atoms with Gasteiger partial charge in [0, 0.05) is 12.8 Å². The average Bonchev–Trinajstić information content (AvgIpc) is 2.34. The summed E-state index contributed by atoms with van der Waals surface area (Å²) in [4.78, 5) is 11.4. The van der Waals surface area contributed by atoms with E-state index in [9.17, 15) is 4.79 Å². The Balaban J connectivity index is 2.93. The second-order valence-electron chi connectivity index (χ2n) is 10.2. The molecule has 0 bridgehead atoms. The zero-order valence-electron chi connectivity index (χ0n) is 17.4. The molecule has 0 saturated heterocycles. The van der Waals surface area contributed by atoms with Gasteiger partial charge >= 0.3 is 0 Å². The van der Waals surface area contributed by atoms with E-state index >= 15 is 0 Å². The van der Waals surface area contributed by atoms with Gasteiger partial charge in [-0.3, -0.25) is 4.79 Å². The molecule has 0 aromatic heterocycles. The Kier molecular flexibility index (Phi) is 6.52. The van der Waals surface area contributed by atoms with Crippen LogP contribution in [-0.4, -0.2) is 35.1 Å². The third kappa shape index (κ3) is 5.38. The summed E-state index contributed by atoms with van der Waals surface area (Å²) in [7, 11) is -3.71. The third-order valence-corrected chi connectivity index (χ3v) is 15.1. The summed E-state index contributed by atoms with van der Waals surface area (Å²) in [5.74, 6) is 0. The van der Waals surface area contributed by atoms with Crippen molar-refractivity contribution in [2.75, 3.05) is 0 Å². The van der Waals surface area contributed by atoms with Crippen LogP contribution in [0.1, 0.15) is 54.4 Å². The molecular formula is C19H38O3Si2. The molecule has 0 N–H and O–H groups in total. The molecule has 0 fully saturated rings. The summed E-state index contributed by atoms with van der Waals surface area (Å²) in [5.41, 5.74) is 0.827. The topological polar surface area (TPSA) is 35.5 Å². The molecule has 0 aromatic rings. The minimum Gasteiger partial charge on any atom is -0.413 e. The van der Waals surface area contributed by atoms with Gasteiger partial charge < -0.3 is 8.85 Å². The fourth-order valence-electron chi connectivity index (χ4n) is 2.39. The number of hydrogen-bond donors (Lipinski definition) is 0. The molecule has 0 heterocycles. The molecule has 5 heteroatoms. The lowest BCUT2D eigenvalue weighted by atomic mass is 9.96. The van der Waals surface area contributed by atoms with Gasteiger partial charge in [0.1, 0.15) is 6.29 Å². The van der Waals surface area contributed by atoms with E-state index in [1.165, 1.54) is 0 Å². The number of carbonyl (C=O) groups is 1. The normalized spacial score (nSPS) is 23.8. The van der Waals surface area contributed by atoms with Crippen LogP contribution in [0.3, 0.4) is 0 Å². The van der Waals surface area contributed by atoms with Gasteiger partial charge in [0.25, 0.3) is 0 Å². The van der Waals surface area contributed by atoms with Crippen molar-refractivity contribution in [1.82, 2.24) is 0 Å². The summed E-state index contributed by atoms with van der Waals surface area (Å²) in [6.07, 6.45) is 4.66. The first-order valence-corrected chi connectivity index (χ1v) is 14.9. The van der Waals surface area contributed by atoms with Crippen LogP contribution in [0.5, 0.6) is 0 Å². The lowest BCUT2D eigenvalue weighted by molar-refractivity contribution is -0.105. The fraction of sp³-hybridized carbons (Fsp3) is 0.842. The maximum atomic E-state index is 11.4. The highest BCUT2D eigenvalue weighted by Gasteiger charge is 2.42. The van der Waals surface area contributed by atoms with Crippen LogP contribution >= 0.6 is 0 Å². The van der Waals surface area contributed by atoms with E-state index in [1.54, 1.807) is 0 Å². The van der Waals surface area contributed by atoms with E-state index < -0.39 is 16.6 Å². The molecule has 1 rings (SSSR count). The number of hydrogen-bond acceptors (Lipinski definition) is 3. The third-order valence-electron chi connectivity index (χ3n) is 6.03. The second-order valence-corrected chi connectivity index (χ2v) is 19.7. The molecule has 0 amide bonds. The first-order valence-electron chi connectivity index (χ1n) is 9.10. The summed E-state index contributed by atoms with van der Waals surface area (Å²) < 4.78 is 13.1. The minimum absolute atomic E-state index is 0.00499. The van der Waals surface area contributed by atoms with Crippen molar-refractivity contribution >= 4 is 22.9 Å². The Morgan fingerprint density at radius 3 is 1.83 bits per heavy atom. The lowest BCUT2D eigenvalue weighted by Gasteiger charge is -2.43. The molecule has 3 nitrogen and oxygen atoms in total. The van der Waals surface area contributed by atoms with Crippen LogP contribution in [0.15, 0.2) is 11.6 Å². The van der Waals surface area contributed by atoms with Gasteiger partial charge in [0.05, 0.1) is 12.2 Å². The van der Waals surface area contributed by atoms with Crippen molar-refractivity contribution in [1.29, 1.82) is 0 Å². The van der Waals surface area contributed by atoms with E-state index in [1.807, 2.05) is 6.08 Å². The molecule has 0 spiro atoms. The molecule has 2 atom stereocenters. The summed E-state index contributed by atoms with van der Waals surface area (Å²) in [5, 5.41) is 0.334. The van der Waals surface area contributed by atoms with E-state index in [4.69, 9.17) is 8.85 Å². The van der Waals surface area contributed by atoms with Crippen LogP contribution in [0.2, 0.25) is 36.3 Å². The van der Waals surface area contributed by atoms with Crippen molar-refractivity contribution < 1.29 is 13.6 Å². The molecular weight excluding hydrogens is 332 g/mol. The maximum Gasteiger partial charge on any atom is 0.192 e. The fourth-order valence-corrected chi connectivity index (χ4v) is 5.03. The molecule has 1 aliphatic rings. The molecule has 1 aliphatic carbocycles. The van der Waals surface area contributed by atoms with Gasteiger partial charge in [-0.25, -0.2) is 0 Å². The Morgan fingerprint density at radius 2 is 1.42 bits per heavy atom. The number of carbonyl (C=O) groups excluding carboxylic acids is 1. The molecule has 24 heavy (non-hydrogen) atoms. The zero-order valence-corrected chi connectivity index (χ0v) is 19.4.